The fourth-order valence-electron chi connectivity index (χ4n) is 4.02. The van der Waals surface area contributed by atoms with Gasteiger partial charge in [-0.1, -0.05) is 48.5 Å². The van der Waals surface area contributed by atoms with Gasteiger partial charge in [0.05, 0.1) is 6.07 Å². The highest BCUT2D eigenvalue weighted by Crippen LogP contribution is 2.44. The first kappa shape index (κ1) is 24.7. The lowest BCUT2D eigenvalue weighted by Crippen LogP contribution is -2.47. The molecule has 1 unspecified atom stereocenters. The molecule has 2 atom stereocenters. The van der Waals surface area contributed by atoms with E-state index in [2.05, 4.69) is 10.6 Å². The van der Waals surface area contributed by atoms with Crippen molar-refractivity contribution in [2.75, 3.05) is 13.2 Å². The largest absolute Gasteiger partial charge is 0.479 e. The number of aliphatic hydroxyl groups is 1. The Morgan fingerprint density at radius 1 is 1.03 bits per heavy atom. The summed E-state index contributed by atoms with van der Waals surface area (Å²) in [5.41, 5.74) is 4.34. The second-order valence-corrected chi connectivity index (χ2v) is 8.01. The molecule has 0 saturated heterocycles. The summed E-state index contributed by atoms with van der Waals surface area (Å²) in [4.78, 5) is 35.8. The van der Waals surface area contributed by atoms with Crippen molar-refractivity contribution >= 4 is 18.0 Å². The number of carboxylic acid groups (broad SMARTS) is 1. The van der Waals surface area contributed by atoms with Crippen molar-refractivity contribution in [2.24, 2.45) is 0 Å². The van der Waals surface area contributed by atoms with Gasteiger partial charge in [0.1, 0.15) is 12.6 Å². The van der Waals surface area contributed by atoms with Crippen LogP contribution in [-0.4, -0.2) is 53.5 Å². The van der Waals surface area contributed by atoms with Crippen LogP contribution in [0.3, 0.4) is 0 Å². The summed E-state index contributed by atoms with van der Waals surface area (Å²) in [7, 11) is 0. The average Bonchev–Trinajstić information content (AvgIpc) is 3.15. The molecule has 2 amide bonds. The molecule has 0 spiro atoms. The lowest BCUT2D eigenvalue weighted by Gasteiger charge is -2.20. The molecule has 0 fully saturated rings. The number of nitrogens with zero attached hydrogens (tertiary/aromatic N) is 1. The predicted molar refractivity (Wildman–Crippen MR) is 123 cm³/mol. The van der Waals surface area contributed by atoms with E-state index in [4.69, 9.17) is 15.1 Å². The Hall–Kier alpha value is -3.90. The van der Waals surface area contributed by atoms with Crippen LogP contribution in [0.15, 0.2) is 48.5 Å². The van der Waals surface area contributed by atoms with E-state index in [1.165, 1.54) is 0 Å². The first-order chi connectivity index (χ1) is 16.4. The van der Waals surface area contributed by atoms with Crippen molar-refractivity contribution in [2.45, 2.75) is 43.7 Å². The number of aliphatic carboxylic acids is 1. The maximum Gasteiger partial charge on any atom is 0.407 e. The SMILES string of the molecule is N#CCCCC(NC(=O)OCC1c2ccccc2-c2ccccc21)C(=O)NCC[C@H](O)C(=O)O. The van der Waals surface area contributed by atoms with Gasteiger partial charge in [-0.25, -0.2) is 9.59 Å². The quantitative estimate of drug-likeness (QED) is 0.373. The molecule has 3 rings (SSSR count). The second kappa shape index (κ2) is 11.8. The minimum absolute atomic E-state index is 0.0760. The van der Waals surface area contributed by atoms with E-state index >= 15 is 0 Å². The monoisotopic (exact) mass is 465 g/mol. The predicted octanol–water partition coefficient (Wildman–Crippen LogP) is 2.54. The van der Waals surface area contributed by atoms with Crippen LogP contribution in [0.5, 0.6) is 0 Å². The second-order valence-electron chi connectivity index (χ2n) is 8.01. The number of hydrogen-bond acceptors (Lipinski definition) is 6. The molecule has 2 aromatic rings. The third-order valence-corrected chi connectivity index (χ3v) is 5.74. The molecule has 34 heavy (non-hydrogen) atoms. The summed E-state index contributed by atoms with van der Waals surface area (Å²) in [6, 6.07) is 16.9. The number of fused-ring (bicyclic) bond motifs is 3. The first-order valence-corrected chi connectivity index (χ1v) is 11.1. The van der Waals surface area contributed by atoms with E-state index < -0.39 is 30.1 Å². The molecular formula is C25H27N3O6. The summed E-state index contributed by atoms with van der Waals surface area (Å²) < 4.78 is 5.49. The van der Waals surface area contributed by atoms with E-state index in [-0.39, 0.29) is 38.3 Å². The smallest absolute Gasteiger partial charge is 0.407 e. The van der Waals surface area contributed by atoms with E-state index in [0.717, 1.165) is 22.3 Å². The summed E-state index contributed by atoms with van der Waals surface area (Å²) in [5, 5.41) is 31.9. The van der Waals surface area contributed by atoms with Gasteiger partial charge in [-0.15, -0.1) is 0 Å². The summed E-state index contributed by atoms with van der Waals surface area (Å²) in [5.74, 6) is -2.04. The highest BCUT2D eigenvalue weighted by atomic mass is 16.5. The maximum absolute atomic E-state index is 12.5. The Bertz CT molecular complexity index is 1030. The molecule has 2 aromatic carbocycles. The fraction of sp³-hybridized carbons (Fsp3) is 0.360. The van der Waals surface area contributed by atoms with Crippen molar-refractivity contribution in [3.05, 3.63) is 59.7 Å². The Morgan fingerprint density at radius 3 is 2.24 bits per heavy atom. The van der Waals surface area contributed by atoms with E-state index in [0.29, 0.717) is 6.42 Å². The molecule has 4 N–H and O–H groups in total. The number of ether oxygens (including phenoxy) is 1. The molecule has 0 radical (unpaired) electrons. The number of nitriles is 1. The molecule has 0 heterocycles. The summed E-state index contributed by atoms with van der Waals surface area (Å²) in [6.45, 7) is 0.0185. The molecule has 1 aliphatic carbocycles. The highest BCUT2D eigenvalue weighted by Gasteiger charge is 2.29. The van der Waals surface area contributed by atoms with Crippen molar-refractivity contribution in [3.8, 4) is 17.2 Å². The number of rotatable bonds is 11. The number of benzene rings is 2. The van der Waals surface area contributed by atoms with E-state index in [1.54, 1.807) is 0 Å². The number of carboxylic acids is 1. The van der Waals surface area contributed by atoms with E-state index in [9.17, 15) is 19.5 Å². The average molecular weight is 466 g/mol. The molecule has 0 aliphatic heterocycles. The lowest BCUT2D eigenvalue weighted by atomic mass is 9.98. The summed E-state index contributed by atoms with van der Waals surface area (Å²) >= 11 is 0. The van der Waals surface area contributed by atoms with Gasteiger partial charge in [-0.2, -0.15) is 5.26 Å². The van der Waals surface area contributed by atoms with Gasteiger partial charge in [0.2, 0.25) is 5.91 Å². The number of carbonyl (C=O) groups is 3. The highest BCUT2D eigenvalue weighted by molar-refractivity contribution is 5.85. The van der Waals surface area contributed by atoms with E-state index in [1.807, 2.05) is 54.6 Å². The number of amides is 2. The van der Waals surface area contributed by atoms with Gasteiger partial charge in [0.25, 0.3) is 0 Å². The van der Waals surface area contributed by atoms with Crippen LogP contribution in [0.2, 0.25) is 0 Å². The molecule has 9 heteroatoms. The maximum atomic E-state index is 12.5. The standard InChI is InChI=1S/C25H27N3O6/c26-13-6-5-11-21(23(30)27-14-12-22(29)24(31)32)28-25(33)34-15-20-18-9-3-1-7-16(18)17-8-2-4-10-19(17)20/h1-4,7-10,20-22,29H,5-6,11-12,14-15H2,(H,27,30)(H,28,33)(H,31,32)/t21?,22-/m0/s1. The topological polar surface area (TPSA) is 149 Å². The molecule has 9 nitrogen and oxygen atoms in total. The number of hydrogen-bond donors (Lipinski definition) is 4. The molecular weight excluding hydrogens is 438 g/mol. The van der Waals surface area contributed by atoms with Gasteiger partial charge in [0.15, 0.2) is 6.10 Å². The molecule has 0 bridgehead atoms. The number of aliphatic hydroxyl groups excluding tert-OH is 1. The van der Waals surface area contributed by atoms with Crippen molar-refractivity contribution in [3.63, 3.8) is 0 Å². The van der Waals surface area contributed by atoms with Crippen LogP contribution in [0.25, 0.3) is 11.1 Å². The van der Waals surface area contributed by atoms with Crippen LogP contribution in [-0.2, 0) is 14.3 Å². The Balaban J connectivity index is 1.59. The van der Waals surface area contributed by atoms with Gasteiger partial charge >= 0.3 is 12.1 Å². The van der Waals surface area contributed by atoms with Crippen molar-refractivity contribution < 1.29 is 29.3 Å². The van der Waals surface area contributed by atoms with Gasteiger partial charge in [-0.05, 0) is 35.1 Å². The van der Waals surface area contributed by atoms with Gasteiger partial charge in [-0.3, -0.25) is 4.79 Å². The van der Waals surface area contributed by atoms with Crippen LogP contribution < -0.4 is 10.6 Å². The fourth-order valence-corrected chi connectivity index (χ4v) is 4.02. The zero-order valence-electron chi connectivity index (χ0n) is 18.6. The van der Waals surface area contributed by atoms with Crippen LogP contribution in [0, 0.1) is 11.3 Å². The molecule has 178 valence electrons. The van der Waals surface area contributed by atoms with Crippen molar-refractivity contribution in [1.82, 2.24) is 10.6 Å². The molecule has 1 aliphatic rings. The summed E-state index contributed by atoms with van der Waals surface area (Å²) in [6.07, 6.45) is -1.71. The lowest BCUT2D eigenvalue weighted by molar-refractivity contribution is -0.147. The number of nitrogens with one attached hydrogen (secondary N) is 2. The zero-order valence-corrected chi connectivity index (χ0v) is 18.6. The first-order valence-electron chi connectivity index (χ1n) is 11.1. The third-order valence-electron chi connectivity index (χ3n) is 5.74. The Kier molecular flexibility index (Phi) is 8.60. The number of unbranched alkanes of at least 4 members (excludes halogenated alkanes) is 1. The third kappa shape index (κ3) is 6.11. The Labute approximate surface area is 197 Å². The van der Waals surface area contributed by atoms with Crippen LogP contribution in [0.1, 0.15) is 42.7 Å². The van der Waals surface area contributed by atoms with Crippen molar-refractivity contribution in [1.29, 1.82) is 5.26 Å². The number of alkyl carbamates (subject to hydrolysis) is 1. The van der Waals surface area contributed by atoms with Crippen LogP contribution >= 0.6 is 0 Å². The minimum atomic E-state index is -1.59. The molecule has 0 saturated carbocycles. The minimum Gasteiger partial charge on any atom is -0.479 e. The zero-order chi connectivity index (χ0) is 24.5. The molecule has 0 aromatic heterocycles. The van der Waals surface area contributed by atoms with Crippen LogP contribution in [0.4, 0.5) is 4.79 Å². The normalized spacial score (nSPS) is 13.6. The van der Waals surface area contributed by atoms with Gasteiger partial charge < -0.3 is 25.6 Å². The van der Waals surface area contributed by atoms with Gasteiger partial charge in [0, 0.05) is 25.3 Å². The Morgan fingerprint density at radius 2 is 1.65 bits per heavy atom. The number of carbonyl (C=O) groups excluding carboxylic acids is 2.